The molecular weight excluding hydrogens is 351 g/mol. The molecule has 0 radical (unpaired) electrons. The van der Waals surface area contributed by atoms with Gasteiger partial charge in [0.15, 0.2) is 11.6 Å². The summed E-state index contributed by atoms with van der Waals surface area (Å²) >= 11 is 0. The van der Waals surface area contributed by atoms with Crippen LogP contribution in [0.15, 0.2) is 12.1 Å². The van der Waals surface area contributed by atoms with E-state index in [1.54, 1.807) is 0 Å². The second kappa shape index (κ2) is 7.73. The minimum Gasteiger partial charge on any atom is -0.403 e. The van der Waals surface area contributed by atoms with Gasteiger partial charge in [0, 0.05) is 0 Å². The van der Waals surface area contributed by atoms with Crippen LogP contribution in [0.3, 0.4) is 0 Å². The first-order valence-corrected chi connectivity index (χ1v) is 9.48. The van der Waals surface area contributed by atoms with Crippen molar-refractivity contribution in [1.82, 2.24) is 0 Å². The quantitative estimate of drug-likeness (QED) is 0.518. The summed E-state index contributed by atoms with van der Waals surface area (Å²) in [4.78, 5) is 0. The lowest BCUT2D eigenvalue weighted by Gasteiger charge is -2.37. The van der Waals surface area contributed by atoms with Crippen LogP contribution in [0.5, 0.6) is 5.75 Å². The Bertz CT molecular complexity index is 611. The fourth-order valence-corrected chi connectivity index (χ4v) is 4.72. The van der Waals surface area contributed by atoms with Crippen molar-refractivity contribution in [3.8, 4) is 5.75 Å². The molecule has 3 rings (SSSR count). The molecule has 0 aromatic heterocycles. The molecule has 2 saturated carbocycles. The van der Waals surface area contributed by atoms with Crippen molar-refractivity contribution in [2.75, 3.05) is 0 Å². The normalized spacial score (nSPS) is 30.2. The van der Waals surface area contributed by atoms with Gasteiger partial charge >= 0.3 is 6.36 Å². The lowest BCUT2D eigenvalue weighted by Crippen LogP contribution is -2.25. The largest absolute Gasteiger partial charge is 0.573 e. The Morgan fingerprint density at radius 2 is 1.35 bits per heavy atom. The van der Waals surface area contributed by atoms with E-state index >= 15 is 0 Å². The minimum atomic E-state index is -5.04. The molecule has 2 fully saturated rings. The Hall–Kier alpha value is -1.33. The fourth-order valence-electron chi connectivity index (χ4n) is 4.72. The zero-order chi connectivity index (χ0) is 18.9. The number of hydrogen-bond donors (Lipinski definition) is 0. The molecule has 0 saturated heterocycles. The third-order valence-corrected chi connectivity index (χ3v) is 6.24. The van der Waals surface area contributed by atoms with Crippen molar-refractivity contribution in [3.05, 3.63) is 29.3 Å². The van der Waals surface area contributed by atoms with Crippen LogP contribution in [0.2, 0.25) is 0 Å². The van der Waals surface area contributed by atoms with Crippen LogP contribution in [-0.4, -0.2) is 6.36 Å². The van der Waals surface area contributed by atoms with Gasteiger partial charge in [0.2, 0.25) is 5.82 Å². The van der Waals surface area contributed by atoms with E-state index < -0.39 is 23.7 Å². The molecule has 0 bridgehead atoms. The van der Waals surface area contributed by atoms with Crippen LogP contribution < -0.4 is 4.74 Å². The third-order valence-electron chi connectivity index (χ3n) is 6.24. The predicted octanol–water partition coefficient (Wildman–Crippen LogP) is 6.96. The summed E-state index contributed by atoms with van der Waals surface area (Å²) in [6, 6.07) is 2.13. The molecular formula is C20H25F5O. The van der Waals surface area contributed by atoms with Crippen molar-refractivity contribution >= 4 is 0 Å². The first-order chi connectivity index (χ1) is 12.2. The topological polar surface area (TPSA) is 9.23 Å². The standard InChI is InChI=1S/C20H25F5O/c1-12-2-4-13(5-3-12)14-6-8-15(9-7-14)16-10-11-17(19(22)18(16)21)26-20(23,24)25/h10-15H,2-9H2,1H3. The number of benzene rings is 1. The molecule has 0 spiro atoms. The van der Waals surface area contributed by atoms with Crippen molar-refractivity contribution in [2.24, 2.45) is 17.8 Å². The van der Waals surface area contributed by atoms with E-state index in [4.69, 9.17) is 0 Å². The summed E-state index contributed by atoms with van der Waals surface area (Å²) < 4.78 is 68.5. The van der Waals surface area contributed by atoms with Gasteiger partial charge in [-0.2, -0.15) is 4.39 Å². The summed E-state index contributed by atoms with van der Waals surface area (Å²) in [7, 11) is 0. The smallest absolute Gasteiger partial charge is 0.403 e. The van der Waals surface area contributed by atoms with Gasteiger partial charge in [-0.25, -0.2) is 4.39 Å². The summed E-state index contributed by atoms with van der Waals surface area (Å²) in [6.07, 6.45) is 3.47. The molecule has 1 nitrogen and oxygen atoms in total. The first kappa shape index (κ1) is 19.4. The van der Waals surface area contributed by atoms with Gasteiger partial charge in [-0.15, -0.1) is 13.2 Å². The Morgan fingerprint density at radius 1 is 0.808 bits per heavy atom. The lowest BCUT2D eigenvalue weighted by molar-refractivity contribution is -0.275. The first-order valence-electron chi connectivity index (χ1n) is 9.48. The van der Waals surface area contributed by atoms with Crippen molar-refractivity contribution < 1.29 is 26.7 Å². The summed E-state index contributed by atoms with van der Waals surface area (Å²) in [5, 5.41) is 0. The monoisotopic (exact) mass is 376 g/mol. The predicted molar refractivity (Wildman–Crippen MR) is 88.9 cm³/mol. The average molecular weight is 376 g/mol. The van der Waals surface area contributed by atoms with Gasteiger partial charge in [0.25, 0.3) is 0 Å². The summed E-state index contributed by atoms with van der Waals surface area (Å²) in [6.45, 7) is 2.29. The zero-order valence-corrected chi connectivity index (χ0v) is 14.9. The molecule has 0 N–H and O–H groups in total. The van der Waals surface area contributed by atoms with E-state index in [0.29, 0.717) is 5.92 Å². The highest BCUT2D eigenvalue weighted by Crippen LogP contribution is 2.45. The van der Waals surface area contributed by atoms with Crippen molar-refractivity contribution in [2.45, 2.75) is 70.6 Å². The molecule has 0 atom stereocenters. The third kappa shape index (κ3) is 4.49. The van der Waals surface area contributed by atoms with Gasteiger partial charge in [0.1, 0.15) is 0 Å². The van der Waals surface area contributed by atoms with E-state index in [-0.39, 0.29) is 11.5 Å². The maximum absolute atomic E-state index is 14.3. The molecule has 26 heavy (non-hydrogen) atoms. The molecule has 1 aromatic carbocycles. The molecule has 0 heterocycles. The van der Waals surface area contributed by atoms with E-state index in [1.807, 2.05) is 0 Å². The number of halogens is 5. The van der Waals surface area contributed by atoms with Crippen LogP contribution in [-0.2, 0) is 0 Å². The lowest BCUT2D eigenvalue weighted by atomic mass is 9.68. The molecule has 146 valence electrons. The molecule has 1 aromatic rings. The highest BCUT2D eigenvalue weighted by Gasteiger charge is 2.35. The Balaban J connectivity index is 1.63. The van der Waals surface area contributed by atoms with Gasteiger partial charge in [-0.3, -0.25) is 0 Å². The van der Waals surface area contributed by atoms with Gasteiger partial charge < -0.3 is 4.74 Å². The maximum Gasteiger partial charge on any atom is 0.573 e. The maximum atomic E-state index is 14.3. The Kier molecular flexibility index (Phi) is 5.78. The minimum absolute atomic E-state index is 0.136. The van der Waals surface area contributed by atoms with Crippen molar-refractivity contribution in [1.29, 1.82) is 0 Å². The van der Waals surface area contributed by atoms with E-state index in [1.165, 1.54) is 31.7 Å². The van der Waals surface area contributed by atoms with Gasteiger partial charge in [0.05, 0.1) is 0 Å². The molecule has 0 unspecified atom stereocenters. The summed E-state index contributed by atoms with van der Waals surface area (Å²) in [5.41, 5.74) is 0.174. The SMILES string of the molecule is CC1CCC(C2CCC(c3ccc(OC(F)(F)F)c(F)c3F)CC2)CC1. The van der Waals surface area contributed by atoms with Crippen LogP contribution in [0, 0.1) is 29.4 Å². The second-order valence-electron chi connectivity index (χ2n) is 7.96. The Morgan fingerprint density at radius 3 is 1.88 bits per heavy atom. The van der Waals surface area contributed by atoms with Crippen molar-refractivity contribution in [3.63, 3.8) is 0 Å². The zero-order valence-electron chi connectivity index (χ0n) is 14.9. The Labute approximate surface area is 150 Å². The number of ether oxygens (including phenoxy) is 1. The summed E-state index contributed by atoms with van der Waals surface area (Å²) in [5.74, 6) is -1.83. The van der Waals surface area contributed by atoms with Crippen LogP contribution >= 0.6 is 0 Å². The molecule has 2 aliphatic rings. The van der Waals surface area contributed by atoms with Gasteiger partial charge in [-0.1, -0.05) is 25.8 Å². The highest BCUT2D eigenvalue weighted by molar-refractivity contribution is 5.33. The molecule has 0 amide bonds. The van der Waals surface area contributed by atoms with Crippen LogP contribution in [0.25, 0.3) is 0 Å². The molecule has 2 aliphatic carbocycles. The van der Waals surface area contributed by atoms with E-state index in [0.717, 1.165) is 43.6 Å². The average Bonchev–Trinajstić information content (AvgIpc) is 2.59. The molecule has 6 heteroatoms. The number of alkyl halides is 3. The second-order valence-corrected chi connectivity index (χ2v) is 7.96. The molecule has 0 aliphatic heterocycles. The van der Waals surface area contributed by atoms with Gasteiger partial charge in [-0.05, 0) is 73.8 Å². The van der Waals surface area contributed by atoms with E-state index in [9.17, 15) is 22.0 Å². The highest BCUT2D eigenvalue weighted by atomic mass is 19.4. The fraction of sp³-hybridized carbons (Fsp3) is 0.700. The van der Waals surface area contributed by atoms with Crippen LogP contribution in [0.4, 0.5) is 22.0 Å². The van der Waals surface area contributed by atoms with E-state index in [2.05, 4.69) is 11.7 Å². The number of hydrogen-bond acceptors (Lipinski definition) is 1. The van der Waals surface area contributed by atoms with Crippen LogP contribution in [0.1, 0.15) is 69.8 Å². The number of rotatable bonds is 3.